The molecule has 0 unspecified atom stereocenters. The Bertz CT molecular complexity index is 1950. The number of nitrogens with zero attached hydrogens (tertiary/aromatic N) is 1. The van der Waals surface area contributed by atoms with Crippen molar-refractivity contribution in [2.24, 2.45) is 11.7 Å². The van der Waals surface area contributed by atoms with Crippen molar-refractivity contribution in [2.45, 2.75) is 46.1 Å². The number of methoxy groups -OCH3 is 1. The van der Waals surface area contributed by atoms with E-state index in [-0.39, 0.29) is 35.0 Å². The molecule has 1 saturated carbocycles. The van der Waals surface area contributed by atoms with Crippen LogP contribution in [0, 0.1) is 12.8 Å². The third-order valence-electron chi connectivity index (χ3n) is 8.68. The minimum Gasteiger partial charge on any atom is -0.493 e. The Morgan fingerprint density at radius 1 is 0.980 bits per heavy atom. The van der Waals surface area contributed by atoms with Crippen LogP contribution in [0.15, 0.2) is 47.8 Å². The number of nitrogens with one attached hydrogen (secondary N) is 3. The monoisotopic (exact) mass is 681 g/mol. The highest BCUT2D eigenvalue weighted by atomic mass is 32.1. The molecule has 2 aromatic carbocycles. The molecule has 0 bridgehead atoms. The van der Waals surface area contributed by atoms with Gasteiger partial charge in [-0.25, -0.2) is 9.78 Å². The van der Waals surface area contributed by atoms with Gasteiger partial charge in [-0.15, -0.1) is 11.3 Å². The maximum Gasteiger partial charge on any atom is 0.357 e. The fourth-order valence-corrected chi connectivity index (χ4v) is 6.85. The summed E-state index contributed by atoms with van der Waals surface area (Å²) in [5, 5.41) is 10.8. The summed E-state index contributed by atoms with van der Waals surface area (Å²) in [5.74, 6) is -1.01. The fraction of sp³-hybridized carbons (Fsp3) is 0.324. The van der Waals surface area contributed by atoms with Crippen LogP contribution in [0.4, 0.5) is 5.69 Å². The number of hydrogen-bond donors (Lipinski definition) is 4. The van der Waals surface area contributed by atoms with Gasteiger partial charge in [-0.3, -0.25) is 14.4 Å². The first-order chi connectivity index (χ1) is 23.7. The molecule has 49 heavy (non-hydrogen) atoms. The van der Waals surface area contributed by atoms with Gasteiger partial charge in [0.15, 0.2) is 5.69 Å². The molecular formula is C37H39N5O6S. The molecule has 3 heterocycles. The largest absolute Gasteiger partial charge is 0.493 e. The molecule has 6 rings (SSSR count). The number of ether oxygens (including phenoxy) is 2. The van der Waals surface area contributed by atoms with E-state index in [9.17, 15) is 19.2 Å². The number of rotatable bonds is 11. The van der Waals surface area contributed by atoms with Gasteiger partial charge in [-0.05, 0) is 90.6 Å². The van der Waals surface area contributed by atoms with E-state index < -0.39 is 17.8 Å². The lowest BCUT2D eigenvalue weighted by atomic mass is 9.93. The lowest BCUT2D eigenvalue weighted by Gasteiger charge is -2.19. The normalized spacial score (nSPS) is 13.3. The number of benzene rings is 2. The number of carbonyl (C=O) groups excluding carboxylic acids is 4. The molecule has 1 aliphatic carbocycles. The zero-order valence-electron chi connectivity index (χ0n) is 27.7. The van der Waals surface area contributed by atoms with Crippen LogP contribution in [0.5, 0.6) is 5.75 Å². The maximum absolute atomic E-state index is 14.5. The number of aryl methyl sites for hydroxylation is 1. The highest BCUT2D eigenvalue weighted by molar-refractivity contribution is 7.13. The summed E-state index contributed by atoms with van der Waals surface area (Å²) in [5.41, 5.74) is 10.7. The number of fused-ring (bicyclic) bond motifs is 3. The van der Waals surface area contributed by atoms with Crippen molar-refractivity contribution in [3.8, 4) is 27.3 Å². The van der Waals surface area contributed by atoms with Gasteiger partial charge in [0.25, 0.3) is 17.7 Å². The van der Waals surface area contributed by atoms with Gasteiger partial charge >= 0.3 is 5.97 Å². The summed E-state index contributed by atoms with van der Waals surface area (Å²) in [4.78, 5) is 59.4. The second kappa shape index (κ2) is 14.6. The van der Waals surface area contributed by atoms with Crippen LogP contribution >= 0.6 is 11.3 Å². The van der Waals surface area contributed by atoms with E-state index in [2.05, 4.69) is 20.9 Å². The minimum absolute atomic E-state index is 0.0373. The lowest BCUT2D eigenvalue weighted by molar-refractivity contribution is 0.0594. The summed E-state index contributed by atoms with van der Waals surface area (Å²) in [6.45, 7) is 5.40. The maximum atomic E-state index is 14.5. The van der Waals surface area contributed by atoms with Crippen molar-refractivity contribution in [3.05, 3.63) is 87.0 Å². The summed E-state index contributed by atoms with van der Waals surface area (Å²) in [7, 11) is 1.23. The van der Waals surface area contributed by atoms with Crippen LogP contribution in [0.2, 0.25) is 0 Å². The number of hydrogen-bond acceptors (Lipinski definition) is 9. The van der Waals surface area contributed by atoms with Gasteiger partial charge < -0.3 is 31.2 Å². The van der Waals surface area contributed by atoms with Crippen LogP contribution in [0.25, 0.3) is 21.6 Å². The predicted molar refractivity (Wildman–Crippen MR) is 188 cm³/mol. The van der Waals surface area contributed by atoms with Crippen molar-refractivity contribution in [3.63, 3.8) is 0 Å². The van der Waals surface area contributed by atoms with E-state index >= 15 is 0 Å². The number of anilines is 1. The Morgan fingerprint density at radius 3 is 2.53 bits per heavy atom. The molecule has 4 aromatic rings. The molecule has 2 aliphatic rings. The Balaban J connectivity index is 1.49. The van der Waals surface area contributed by atoms with E-state index in [1.165, 1.54) is 13.2 Å². The molecule has 0 atom stereocenters. The summed E-state index contributed by atoms with van der Waals surface area (Å²) in [6.07, 6.45) is 3.57. The Hall–Kier alpha value is -5.07. The van der Waals surface area contributed by atoms with Gasteiger partial charge in [-0.2, -0.15) is 0 Å². The van der Waals surface area contributed by atoms with E-state index in [1.807, 2.05) is 31.4 Å². The molecular weight excluding hydrogens is 643 g/mol. The molecule has 0 spiro atoms. The molecule has 2 aromatic heterocycles. The molecule has 5 N–H and O–H groups in total. The predicted octanol–water partition coefficient (Wildman–Crippen LogP) is 5.50. The van der Waals surface area contributed by atoms with Crippen LogP contribution in [-0.4, -0.2) is 55.5 Å². The van der Waals surface area contributed by atoms with Crippen LogP contribution in [0.3, 0.4) is 0 Å². The molecule has 12 heteroatoms. The zero-order chi connectivity index (χ0) is 34.7. The van der Waals surface area contributed by atoms with E-state index in [1.54, 1.807) is 35.6 Å². The second-order valence-corrected chi connectivity index (χ2v) is 13.2. The SMILES string of the molecule is CCCNC(=O)c1ccc(-c2cc3c(cc2C(=O)Nc2c(C)cc(CN)cc2C(=O)NCC2CC2)-c2sccc2CCO3)c(C(=O)OC)n1. The number of aromatic nitrogens is 1. The number of nitrogens with two attached hydrogens (primary N) is 1. The lowest BCUT2D eigenvalue weighted by Crippen LogP contribution is -2.28. The molecule has 0 saturated heterocycles. The topological polar surface area (TPSA) is 162 Å². The average molecular weight is 682 g/mol. The summed E-state index contributed by atoms with van der Waals surface area (Å²) >= 11 is 1.55. The first-order valence-corrected chi connectivity index (χ1v) is 17.3. The first-order valence-electron chi connectivity index (χ1n) is 16.4. The van der Waals surface area contributed by atoms with Gasteiger partial charge in [0.2, 0.25) is 0 Å². The number of pyridine rings is 1. The molecule has 0 radical (unpaired) electrons. The first kappa shape index (κ1) is 33.8. The van der Waals surface area contributed by atoms with Crippen molar-refractivity contribution in [1.29, 1.82) is 0 Å². The number of amides is 3. The summed E-state index contributed by atoms with van der Waals surface area (Å²) in [6, 6.07) is 12.2. The van der Waals surface area contributed by atoms with Crippen molar-refractivity contribution in [2.75, 3.05) is 32.1 Å². The third kappa shape index (κ3) is 7.20. The van der Waals surface area contributed by atoms with Crippen LogP contribution < -0.4 is 26.4 Å². The van der Waals surface area contributed by atoms with Gasteiger partial charge in [0.1, 0.15) is 11.4 Å². The zero-order valence-corrected chi connectivity index (χ0v) is 28.6. The Labute approximate surface area is 288 Å². The summed E-state index contributed by atoms with van der Waals surface area (Å²) < 4.78 is 11.3. The molecule has 3 amide bonds. The minimum atomic E-state index is -0.772. The van der Waals surface area contributed by atoms with Crippen LogP contribution in [-0.2, 0) is 17.7 Å². The van der Waals surface area contributed by atoms with Crippen LogP contribution in [0.1, 0.15) is 84.6 Å². The van der Waals surface area contributed by atoms with Gasteiger partial charge in [0, 0.05) is 53.2 Å². The van der Waals surface area contributed by atoms with Gasteiger partial charge in [-0.1, -0.05) is 13.0 Å². The van der Waals surface area contributed by atoms with Crippen molar-refractivity contribution >= 4 is 40.7 Å². The fourth-order valence-electron chi connectivity index (χ4n) is 5.87. The molecule has 254 valence electrons. The highest BCUT2D eigenvalue weighted by Crippen LogP contribution is 2.43. The average Bonchev–Trinajstić information content (AvgIpc) is 3.87. The molecule has 1 fully saturated rings. The van der Waals surface area contributed by atoms with E-state index in [4.69, 9.17) is 15.2 Å². The number of carbonyl (C=O) groups is 4. The number of esters is 1. The number of thiophene rings is 1. The smallest absolute Gasteiger partial charge is 0.357 e. The van der Waals surface area contributed by atoms with Crippen molar-refractivity contribution in [1.82, 2.24) is 15.6 Å². The highest BCUT2D eigenvalue weighted by Gasteiger charge is 2.29. The van der Waals surface area contributed by atoms with E-state index in [0.717, 1.165) is 40.8 Å². The second-order valence-electron chi connectivity index (χ2n) is 12.3. The standard InChI is InChI=1S/C37H39N5O6S/c1-4-11-39-36(45)29-8-7-24(32(41-29)37(46)47-3)25-17-30-27(33-23(9-12-48-30)10-13-49-33)16-26(25)35(44)42-31-20(2)14-22(18-38)15-28(31)34(43)40-19-21-5-6-21/h7-8,10,13-17,21H,4-6,9,11-12,18-19,38H2,1-3H3,(H,39,45)(H,40,43)(H,42,44). The van der Waals surface area contributed by atoms with Gasteiger partial charge in [0.05, 0.1) is 25.0 Å². The molecule has 11 nitrogen and oxygen atoms in total. The quantitative estimate of drug-likeness (QED) is 0.151. The third-order valence-corrected chi connectivity index (χ3v) is 9.67. The Morgan fingerprint density at radius 2 is 1.80 bits per heavy atom. The van der Waals surface area contributed by atoms with E-state index in [0.29, 0.717) is 60.2 Å². The Kier molecular flexibility index (Phi) is 10.1. The molecule has 1 aliphatic heterocycles. The van der Waals surface area contributed by atoms with Crippen molar-refractivity contribution < 1.29 is 28.7 Å².